The molecule has 0 aliphatic carbocycles. The average molecular weight is 325 g/mol. The van der Waals surface area contributed by atoms with Crippen LogP contribution in [-0.4, -0.2) is 72.5 Å². The normalized spacial score (nSPS) is 24.7. The van der Waals surface area contributed by atoms with Crippen LogP contribution in [0.2, 0.25) is 0 Å². The number of likely N-dealkylation sites (tertiary alicyclic amines) is 1. The van der Waals surface area contributed by atoms with Crippen molar-refractivity contribution in [3.63, 3.8) is 0 Å². The van der Waals surface area contributed by atoms with E-state index in [0.29, 0.717) is 32.7 Å². The van der Waals surface area contributed by atoms with E-state index in [1.54, 1.807) is 13.8 Å². The molecule has 2 heterocycles. The SMILES string of the molecule is CC1(C)NC(=O)N(CCN2CCCC(C(=O)NCCN)C2)C1=O. The Balaban J connectivity index is 1.83. The van der Waals surface area contributed by atoms with Gasteiger partial charge in [-0.3, -0.25) is 14.5 Å². The van der Waals surface area contributed by atoms with E-state index in [4.69, 9.17) is 5.73 Å². The van der Waals surface area contributed by atoms with E-state index >= 15 is 0 Å². The minimum absolute atomic E-state index is 0.0382. The molecule has 2 rings (SSSR count). The zero-order valence-corrected chi connectivity index (χ0v) is 13.9. The van der Waals surface area contributed by atoms with Gasteiger partial charge in [-0.05, 0) is 33.2 Å². The minimum Gasteiger partial charge on any atom is -0.355 e. The first kappa shape index (κ1) is 17.7. The molecule has 0 radical (unpaired) electrons. The van der Waals surface area contributed by atoms with Crippen molar-refractivity contribution in [3.05, 3.63) is 0 Å². The summed E-state index contributed by atoms with van der Waals surface area (Å²) < 4.78 is 0. The molecule has 1 atom stereocenters. The Morgan fingerprint density at radius 2 is 2.13 bits per heavy atom. The second-order valence-electron chi connectivity index (χ2n) is 6.73. The Morgan fingerprint density at radius 3 is 2.74 bits per heavy atom. The number of nitrogens with zero attached hydrogens (tertiary/aromatic N) is 2. The number of amides is 4. The van der Waals surface area contributed by atoms with Crippen LogP contribution in [0.3, 0.4) is 0 Å². The van der Waals surface area contributed by atoms with Crippen LogP contribution in [0.4, 0.5) is 4.79 Å². The van der Waals surface area contributed by atoms with Gasteiger partial charge in [0.1, 0.15) is 5.54 Å². The molecule has 4 N–H and O–H groups in total. The highest BCUT2D eigenvalue weighted by atomic mass is 16.2. The maximum absolute atomic E-state index is 12.1. The Bertz CT molecular complexity index is 480. The van der Waals surface area contributed by atoms with Crippen molar-refractivity contribution in [3.8, 4) is 0 Å². The van der Waals surface area contributed by atoms with Gasteiger partial charge in [0, 0.05) is 32.7 Å². The highest BCUT2D eigenvalue weighted by Crippen LogP contribution is 2.19. The summed E-state index contributed by atoms with van der Waals surface area (Å²) in [6.07, 6.45) is 1.80. The van der Waals surface area contributed by atoms with Crippen molar-refractivity contribution in [2.45, 2.75) is 32.2 Å². The molecular formula is C15H27N5O3. The van der Waals surface area contributed by atoms with Crippen LogP contribution in [0, 0.1) is 5.92 Å². The lowest BCUT2D eigenvalue weighted by Crippen LogP contribution is -2.47. The molecule has 23 heavy (non-hydrogen) atoms. The lowest BCUT2D eigenvalue weighted by Gasteiger charge is -2.32. The Hall–Kier alpha value is -1.67. The molecule has 8 nitrogen and oxygen atoms in total. The maximum Gasteiger partial charge on any atom is 0.325 e. The van der Waals surface area contributed by atoms with Crippen LogP contribution < -0.4 is 16.4 Å². The van der Waals surface area contributed by atoms with Crippen LogP contribution in [-0.2, 0) is 9.59 Å². The summed E-state index contributed by atoms with van der Waals surface area (Å²) in [6.45, 7) is 6.81. The van der Waals surface area contributed by atoms with Crippen molar-refractivity contribution in [2.24, 2.45) is 11.7 Å². The average Bonchev–Trinajstić information content (AvgIpc) is 2.71. The number of piperidine rings is 1. The van der Waals surface area contributed by atoms with E-state index in [0.717, 1.165) is 19.4 Å². The van der Waals surface area contributed by atoms with Gasteiger partial charge in [0.15, 0.2) is 0 Å². The highest BCUT2D eigenvalue weighted by Gasteiger charge is 2.44. The second kappa shape index (κ2) is 7.27. The van der Waals surface area contributed by atoms with E-state index in [2.05, 4.69) is 15.5 Å². The third-order valence-electron chi connectivity index (χ3n) is 4.40. The van der Waals surface area contributed by atoms with Gasteiger partial charge >= 0.3 is 6.03 Å². The van der Waals surface area contributed by atoms with Gasteiger partial charge in [-0.1, -0.05) is 0 Å². The number of rotatable bonds is 6. The van der Waals surface area contributed by atoms with Crippen LogP contribution >= 0.6 is 0 Å². The summed E-state index contributed by atoms with van der Waals surface area (Å²) in [5.74, 6) is -0.206. The van der Waals surface area contributed by atoms with E-state index in [1.165, 1.54) is 4.90 Å². The first-order valence-electron chi connectivity index (χ1n) is 8.19. The summed E-state index contributed by atoms with van der Waals surface area (Å²) in [4.78, 5) is 39.4. The van der Waals surface area contributed by atoms with E-state index in [1.807, 2.05) is 0 Å². The minimum atomic E-state index is -0.830. The molecule has 1 unspecified atom stereocenters. The van der Waals surface area contributed by atoms with E-state index in [-0.39, 0.29) is 23.8 Å². The number of urea groups is 1. The Labute approximate surface area is 136 Å². The van der Waals surface area contributed by atoms with Crippen molar-refractivity contribution in [1.82, 2.24) is 20.4 Å². The van der Waals surface area contributed by atoms with Gasteiger partial charge in [0.05, 0.1) is 5.92 Å². The molecular weight excluding hydrogens is 298 g/mol. The van der Waals surface area contributed by atoms with Crippen LogP contribution in [0.15, 0.2) is 0 Å². The highest BCUT2D eigenvalue weighted by molar-refractivity contribution is 6.06. The fraction of sp³-hybridized carbons (Fsp3) is 0.800. The molecule has 130 valence electrons. The fourth-order valence-corrected chi connectivity index (χ4v) is 3.07. The van der Waals surface area contributed by atoms with E-state index < -0.39 is 5.54 Å². The molecule has 0 aromatic heterocycles. The molecule has 2 saturated heterocycles. The zero-order valence-electron chi connectivity index (χ0n) is 13.9. The van der Waals surface area contributed by atoms with Crippen molar-refractivity contribution < 1.29 is 14.4 Å². The number of nitrogens with one attached hydrogen (secondary N) is 2. The first-order chi connectivity index (χ1) is 10.8. The van der Waals surface area contributed by atoms with Gasteiger partial charge in [-0.15, -0.1) is 0 Å². The molecule has 8 heteroatoms. The van der Waals surface area contributed by atoms with Crippen molar-refractivity contribution in [2.75, 3.05) is 39.3 Å². The van der Waals surface area contributed by atoms with Crippen LogP contribution in [0.25, 0.3) is 0 Å². The van der Waals surface area contributed by atoms with Gasteiger partial charge in [0.2, 0.25) is 5.91 Å². The number of carbonyl (C=O) groups is 3. The maximum atomic E-state index is 12.1. The molecule has 2 aliphatic rings. The van der Waals surface area contributed by atoms with Gasteiger partial charge in [-0.2, -0.15) is 0 Å². The first-order valence-corrected chi connectivity index (χ1v) is 8.19. The smallest absolute Gasteiger partial charge is 0.325 e. The third kappa shape index (κ3) is 4.20. The molecule has 2 aliphatic heterocycles. The zero-order chi connectivity index (χ0) is 17.0. The van der Waals surface area contributed by atoms with Gasteiger partial charge in [0.25, 0.3) is 5.91 Å². The quantitative estimate of drug-likeness (QED) is 0.549. The Kier molecular flexibility index (Phi) is 5.59. The summed E-state index contributed by atoms with van der Waals surface area (Å²) in [7, 11) is 0. The van der Waals surface area contributed by atoms with E-state index in [9.17, 15) is 14.4 Å². The van der Waals surface area contributed by atoms with Gasteiger partial charge < -0.3 is 21.3 Å². The Morgan fingerprint density at radius 1 is 1.39 bits per heavy atom. The largest absolute Gasteiger partial charge is 0.355 e. The molecule has 0 aromatic carbocycles. The number of hydrogen-bond donors (Lipinski definition) is 3. The van der Waals surface area contributed by atoms with Crippen LogP contribution in [0.5, 0.6) is 0 Å². The lowest BCUT2D eigenvalue weighted by molar-refractivity contribution is -0.131. The molecule has 0 bridgehead atoms. The summed E-state index contributed by atoms with van der Waals surface area (Å²) in [5, 5.41) is 5.50. The topological polar surface area (TPSA) is 108 Å². The third-order valence-corrected chi connectivity index (χ3v) is 4.40. The fourth-order valence-electron chi connectivity index (χ4n) is 3.07. The predicted molar refractivity (Wildman–Crippen MR) is 85.6 cm³/mol. The monoisotopic (exact) mass is 325 g/mol. The summed E-state index contributed by atoms with van der Waals surface area (Å²) >= 11 is 0. The summed E-state index contributed by atoms with van der Waals surface area (Å²) in [5.41, 5.74) is 4.57. The summed E-state index contributed by atoms with van der Waals surface area (Å²) in [6, 6.07) is -0.339. The molecule has 0 aromatic rings. The predicted octanol–water partition coefficient (Wildman–Crippen LogP) is -0.896. The standard InChI is InChI=1S/C15H27N5O3/c1-15(2)13(22)20(14(23)18-15)9-8-19-7-3-4-11(10-19)12(21)17-6-5-16/h11H,3-10,16H2,1-2H3,(H,17,21)(H,18,23). The molecule has 2 fully saturated rings. The molecule has 4 amide bonds. The molecule has 0 saturated carbocycles. The molecule has 0 spiro atoms. The van der Waals surface area contributed by atoms with Gasteiger partial charge in [-0.25, -0.2) is 4.79 Å². The number of carbonyl (C=O) groups excluding carboxylic acids is 3. The van der Waals surface area contributed by atoms with Crippen molar-refractivity contribution >= 4 is 17.8 Å². The lowest BCUT2D eigenvalue weighted by atomic mass is 9.97. The van der Waals surface area contributed by atoms with Crippen molar-refractivity contribution in [1.29, 1.82) is 0 Å². The second-order valence-corrected chi connectivity index (χ2v) is 6.73. The number of hydrogen-bond acceptors (Lipinski definition) is 5. The number of nitrogens with two attached hydrogens (primary N) is 1. The number of imide groups is 1. The van der Waals surface area contributed by atoms with Crippen LogP contribution in [0.1, 0.15) is 26.7 Å².